The topological polar surface area (TPSA) is 52.6 Å². The van der Waals surface area contributed by atoms with Crippen molar-refractivity contribution in [1.82, 2.24) is 0 Å². The van der Waals surface area contributed by atoms with Crippen molar-refractivity contribution >= 4 is 23.4 Å². The van der Waals surface area contributed by atoms with Gasteiger partial charge in [-0.05, 0) is 18.2 Å². The van der Waals surface area contributed by atoms with Crippen molar-refractivity contribution in [3.63, 3.8) is 0 Å². The predicted molar refractivity (Wildman–Crippen MR) is 103 cm³/mol. The van der Waals surface area contributed by atoms with Crippen LogP contribution in [0.3, 0.4) is 0 Å². The number of ketones is 1. The average molecular weight is 381 g/mol. The van der Waals surface area contributed by atoms with Crippen molar-refractivity contribution in [3.05, 3.63) is 101 Å². The van der Waals surface area contributed by atoms with Gasteiger partial charge in [0.05, 0.1) is 0 Å². The number of carbonyl (C=O) groups excluding carboxylic acids is 2. The van der Waals surface area contributed by atoms with Crippen LogP contribution in [0.4, 0.5) is 0 Å². The van der Waals surface area contributed by atoms with E-state index in [0.717, 1.165) is 5.56 Å². The summed E-state index contributed by atoms with van der Waals surface area (Å²) in [6.45, 7) is -0.116. The monoisotopic (exact) mass is 380 g/mol. The zero-order chi connectivity index (χ0) is 19.1. The van der Waals surface area contributed by atoms with Crippen LogP contribution in [0.2, 0.25) is 5.02 Å². The van der Waals surface area contributed by atoms with Crippen molar-refractivity contribution in [3.8, 4) is 5.75 Å². The standard InChI is InChI=1S/C22H17ClO4/c23-19-12-6-4-10-17(19)14-26-21-13-7-5-11-18(21)22(25)27-15-20(24)16-8-2-1-3-9-16/h1-13H,14-15H2. The van der Waals surface area contributed by atoms with Crippen LogP contribution in [0.15, 0.2) is 78.9 Å². The van der Waals surface area contributed by atoms with Gasteiger partial charge in [0.15, 0.2) is 12.4 Å². The maximum atomic E-state index is 12.4. The highest BCUT2D eigenvalue weighted by molar-refractivity contribution is 6.31. The molecule has 27 heavy (non-hydrogen) atoms. The molecule has 3 aromatic carbocycles. The summed E-state index contributed by atoms with van der Waals surface area (Å²) in [6.07, 6.45) is 0. The minimum absolute atomic E-state index is 0.215. The Morgan fingerprint density at radius 3 is 2.26 bits per heavy atom. The smallest absolute Gasteiger partial charge is 0.342 e. The maximum absolute atomic E-state index is 12.4. The predicted octanol–water partition coefficient (Wildman–Crippen LogP) is 4.96. The lowest BCUT2D eigenvalue weighted by molar-refractivity contribution is 0.0470. The summed E-state index contributed by atoms with van der Waals surface area (Å²) in [5.41, 5.74) is 1.56. The quantitative estimate of drug-likeness (QED) is 0.429. The number of hydrogen-bond donors (Lipinski definition) is 0. The first-order valence-corrected chi connectivity index (χ1v) is 8.73. The van der Waals surface area contributed by atoms with Crippen LogP contribution < -0.4 is 4.74 Å². The van der Waals surface area contributed by atoms with Gasteiger partial charge >= 0.3 is 5.97 Å². The summed E-state index contributed by atoms with van der Waals surface area (Å²) in [6, 6.07) is 22.7. The molecule has 0 saturated heterocycles. The molecule has 0 radical (unpaired) electrons. The lowest BCUT2D eigenvalue weighted by Crippen LogP contribution is -2.15. The first-order chi connectivity index (χ1) is 13.1. The normalized spacial score (nSPS) is 10.3. The van der Waals surface area contributed by atoms with Crippen molar-refractivity contribution < 1.29 is 19.1 Å². The highest BCUT2D eigenvalue weighted by atomic mass is 35.5. The number of benzene rings is 3. The Kier molecular flexibility index (Phi) is 6.23. The molecule has 0 aromatic heterocycles. The van der Waals surface area contributed by atoms with Gasteiger partial charge in [-0.25, -0.2) is 4.79 Å². The van der Waals surface area contributed by atoms with E-state index in [-0.39, 0.29) is 24.6 Å². The van der Waals surface area contributed by atoms with Gasteiger partial charge in [0.1, 0.15) is 17.9 Å². The minimum atomic E-state index is -0.617. The van der Waals surface area contributed by atoms with Crippen LogP contribution in [0.25, 0.3) is 0 Å². The zero-order valence-corrected chi connectivity index (χ0v) is 15.2. The van der Waals surface area contributed by atoms with Crippen LogP contribution in [0.1, 0.15) is 26.3 Å². The third-order valence-corrected chi connectivity index (χ3v) is 4.25. The van der Waals surface area contributed by atoms with Crippen LogP contribution in [0.5, 0.6) is 5.75 Å². The van der Waals surface area contributed by atoms with E-state index in [1.807, 2.05) is 24.3 Å². The third kappa shape index (κ3) is 4.96. The number of ether oxygens (including phenoxy) is 2. The number of esters is 1. The van der Waals surface area contributed by atoms with Crippen molar-refractivity contribution in [2.75, 3.05) is 6.61 Å². The molecule has 0 N–H and O–H groups in total. The minimum Gasteiger partial charge on any atom is -0.488 e. The lowest BCUT2D eigenvalue weighted by Gasteiger charge is -2.12. The fourth-order valence-electron chi connectivity index (χ4n) is 2.45. The molecule has 0 aliphatic heterocycles. The fraction of sp³-hybridized carbons (Fsp3) is 0.0909. The lowest BCUT2D eigenvalue weighted by atomic mass is 10.1. The Bertz CT molecular complexity index is 938. The molecule has 0 unspecified atom stereocenters. The van der Waals surface area contributed by atoms with Crippen LogP contribution in [-0.2, 0) is 11.3 Å². The van der Waals surface area contributed by atoms with E-state index in [9.17, 15) is 9.59 Å². The van der Waals surface area contributed by atoms with E-state index in [4.69, 9.17) is 21.1 Å². The maximum Gasteiger partial charge on any atom is 0.342 e. The number of para-hydroxylation sites is 1. The molecular weight excluding hydrogens is 364 g/mol. The molecule has 0 spiro atoms. The average Bonchev–Trinajstić information content (AvgIpc) is 2.72. The molecule has 4 nitrogen and oxygen atoms in total. The number of Topliss-reactive ketones (excluding diaryl/α,β-unsaturated/α-hetero) is 1. The highest BCUT2D eigenvalue weighted by Gasteiger charge is 2.16. The van der Waals surface area contributed by atoms with Gasteiger partial charge in [0.2, 0.25) is 0 Å². The Morgan fingerprint density at radius 1 is 0.815 bits per heavy atom. The largest absolute Gasteiger partial charge is 0.488 e. The summed E-state index contributed by atoms with van der Waals surface area (Å²) in [7, 11) is 0. The molecule has 0 aliphatic carbocycles. The zero-order valence-electron chi connectivity index (χ0n) is 14.4. The van der Waals surface area contributed by atoms with Crippen molar-refractivity contribution in [1.29, 1.82) is 0 Å². The van der Waals surface area contributed by atoms with E-state index in [0.29, 0.717) is 16.3 Å². The molecule has 0 atom stereocenters. The molecule has 0 bridgehead atoms. The molecule has 0 amide bonds. The molecule has 3 rings (SSSR count). The van der Waals surface area contributed by atoms with E-state index in [1.165, 1.54) is 0 Å². The van der Waals surface area contributed by atoms with Crippen molar-refractivity contribution in [2.24, 2.45) is 0 Å². The first kappa shape index (κ1) is 18.7. The van der Waals surface area contributed by atoms with Gasteiger partial charge in [-0.15, -0.1) is 0 Å². The van der Waals surface area contributed by atoms with Gasteiger partial charge in [-0.3, -0.25) is 4.79 Å². The van der Waals surface area contributed by atoms with Gasteiger partial charge < -0.3 is 9.47 Å². The van der Waals surface area contributed by atoms with E-state index >= 15 is 0 Å². The van der Waals surface area contributed by atoms with Gasteiger partial charge in [0, 0.05) is 16.1 Å². The summed E-state index contributed by atoms with van der Waals surface area (Å²) < 4.78 is 10.9. The number of carbonyl (C=O) groups is 2. The van der Waals surface area contributed by atoms with Crippen molar-refractivity contribution in [2.45, 2.75) is 6.61 Å². The van der Waals surface area contributed by atoms with Crippen LogP contribution >= 0.6 is 11.6 Å². The number of hydrogen-bond acceptors (Lipinski definition) is 4. The van der Waals surface area contributed by atoms with E-state index in [2.05, 4.69) is 0 Å². The molecule has 0 saturated carbocycles. The second-order valence-electron chi connectivity index (χ2n) is 5.74. The van der Waals surface area contributed by atoms with Gasteiger partial charge in [-0.2, -0.15) is 0 Å². The second-order valence-corrected chi connectivity index (χ2v) is 6.15. The Morgan fingerprint density at radius 2 is 1.48 bits per heavy atom. The number of rotatable bonds is 7. The Balaban J connectivity index is 1.65. The van der Waals surface area contributed by atoms with Crippen LogP contribution in [-0.4, -0.2) is 18.4 Å². The summed E-state index contributed by atoms with van der Waals surface area (Å²) >= 11 is 6.13. The molecule has 0 aliphatic rings. The van der Waals surface area contributed by atoms with Gasteiger partial charge in [0.25, 0.3) is 0 Å². The van der Waals surface area contributed by atoms with E-state index < -0.39 is 5.97 Å². The van der Waals surface area contributed by atoms with E-state index in [1.54, 1.807) is 54.6 Å². The SMILES string of the molecule is O=C(COC(=O)c1ccccc1OCc1ccccc1Cl)c1ccccc1. The first-order valence-electron chi connectivity index (χ1n) is 8.36. The Hall–Kier alpha value is -3.11. The number of halogens is 1. The summed E-state index contributed by atoms with van der Waals surface area (Å²) in [4.78, 5) is 24.5. The molecule has 3 aromatic rings. The summed E-state index contributed by atoms with van der Waals surface area (Å²) in [5, 5.41) is 0.589. The molecule has 5 heteroatoms. The fourth-order valence-corrected chi connectivity index (χ4v) is 2.64. The third-order valence-electron chi connectivity index (χ3n) is 3.88. The Labute approximate surface area is 162 Å². The summed E-state index contributed by atoms with van der Waals surface area (Å²) in [5.74, 6) is -0.512. The molecule has 0 heterocycles. The molecule has 0 fully saturated rings. The van der Waals surface area contributed by atoms with Crippen LogP contribution in [0, 0.1) is 0 Å². The second kappa shape index (κ2) is 9.01. The highest BCUT2D eigenvalue weighted by Crippen LogP contribution is 2.22. The van der Waals surface area contributed by atoms with Gasteiger partial charge in [-0.1, -0.05) is 72.3 Å². The molecular formula is C22H17ClO4. The molecule has 136 valence electrons.